The van der Waals surface area contributed by atoms with Gasteiger partial charge in [0.1, 0.15) is 0 Å². The molecule has 2 N–H and O–H groups in total. The summed E-state index contributed by atoms with van der Waals surface area (Å²) in [5.74, 6) is 0.511. The highest BCUT2D eigenvalue weighted by atomic mass is 16.5. The van der Waals surface area contributed by atoms with Crippen LogP contribution in [0.2, 0.25) is 0 Å². The lowest BCUT2D eigenvalue weighted by atomic mass is 9.95. The maximum atomic E-state index is 12.3. The van der Waals surface area contributed by atoms with Gasteiger partial charge in [-0.25, -0.2) is 0 Å². The maximum absolute atomic E-state index is 12.3. The van der Waals surface area contributed by atoms with Crippen molar-refractivity contribution in [1.82, 2.24) is 4.90 Å². The van der Waals surface area contributed by atoms with Crippen molar-refractivity contribution in [3.05, 3.63) is 0 Å². The Morgan fingerprint density at radius 1 is 1.53 bits per heavy atom. The van der Waals surface area contributed by atoms with Crippen LogP contribution in [0.15, 0.2) is 0 Å². The third kappa shape index (κ3) is 3.96. The number of methoxy groups -OCH3 is 1. The second-order valence-corrected chi connectivity index (χ2v) is 5.24. The Balaban J connectivity index is 2.57. The van der Waals surface area contributed by atoms with E-state index in [0.29, 0.717) is 25.6 Å². The lowest BCUT2D eigenvalue weighted by Crippen LogP contribution is -2.52. The van der Waals surface area contributed by atoms with Crippen molar-refractivity contribution in [2.45, 2.75) is 51.6 Å². The van der Waals surface area contributed by atoms with Gasteiger partial charge in [0.15, 0.2) is 0 Å². The van der Waals surface area contributed by atoms with E-state index in [1.165, 1.54) is 6.42 Å². The molecule has 1 heterocycles. The van der Waals surface area contributed by atoms with Crippen LogP contribution in [0.1, 0.15) is 39.5 Å². The molecule has 3 unspecified atom stereocenters. The van der Waals surface area contributed by atoms with Gasteiger partial charge in [0.25, 0.3) is 0 Å². The summed E-state index contributed by atoms with van der Waals surface area (Å²) in [4.78, 5) is 14.3. The molecule has 3 atom stereocenters. The number of piperidine rings is 1. The van der Waals surface area contributed by atoms with Crippen LogP contribution in [0.25, 0.3) is 0 Å². The largest absolute Gasteiger partial charge is 0.384 e. The highest BCUT2D eigenvalue weighted by Gasteiger charge is 2.31. The van der Waals surface area contributed by atoms with E-state index in [-0.39, 0.29) is 17.9 Å². The predicted octanol–water partition coefficient (Wildman–Crippen LogP) is 1.39. The van der Waals surface area contributed by atoms with Crippen molar-refractivity contribution in [3.8, 4) is 0 Å². The number of nitrogens with zero attached hydrogens (tertiary/aromatic N) is 1. The molecule has 4 nitrogen and oxygen atoms in total. The number of nitrogens with two attached hydrogens (primary N) is 1. The van der Waals surface area contributed by atoms with E-state index < -0.39 is 0 Å². The van der Waals surface area contributed by atoms with E-state index >= 15 is 0 Å². The average Bonchev–Trinajstić information content (AvgIpc) is 2.28. The Morgan fingerprint density at radius 3 is 2.82 bits per heavy atom. The van der Waals surface area contributed by atoms with E-state index in [1.807, 2.05) is 11.8 Å². The van der Waals surface area contributed by atoms with E-state index in [0.717, 1.165) is 12.8 Å². The molecule has 100 valence electrons. The van der Waals surface area contributed by atoms with Gasteiger partial charge in [-0.1, -0.05) is 6.92 Å². The highest BCUT2D eigenvalue weighted by Crippen LogP contribution is 2.24. The molecule has 0 aromatic heterocycles. The van der Waals surface area contributed by atoms with E-state index in [2.05, 4.69) is 6.92 Å². The summed E-state index contributed by atoms with van der Waals surface area (Å²) in [5, 5.41) is 0. The van der Waals surface area contributed by atoms with Gasteiger partial charge >= 0.3 is 0 Å². The molecule has 0 aliphatic carbocycles. The fraction of sp³-hybridized carbons (Fsp3) is 0.923. The van der Waals surface area contributed by atoms with Crippen LogP contribution in [0.5, 0.6) is 0 Å². The molecule has 0 saturated carbocycles. The topological polar surface area (TPSA) is 55.6 Å². The quantitative estimate of drug-likeness (QED) is 0.792. The maximum Gasteiger partial charge on any atom is 0.223 e. The normalized spacial score (nSPS) is 26.9. The van der Waals surface area contributed by atoms with Crippen LogP contribution < -0.4 is 5.73 Å². The molecular formula is C13H26N2O2. The molecule has 0 spiro atoms. The fourth-order valence-electron chi connectivity index (χ4n) is 2.71. The first-order valence-corrected chi connectivity index (χ1v) is 6.60. The Bertz CT molecular complexity index is 246. The number of carbonyl (C=O) groups excluding carboxylic acids is 1. The number of hydrogen-bond acceptors (Lipinski definition) is 3. The van der Waals surface area contributed by atoms with Crippen molar-refractivity contribution in [3.63, 3.8) is 0 Å². The molecule has 4 heteroatoms. The van der Waals surface area contributed by atoms with Gasteiger partial charge in [-0.05, 0) is 32.1 Å². The van der Waals surface area contributed by atoms with Crippen molar-refractivity contribution < 1.29 is 9.53 Å². The first kappa shape index (κ1) is 14.5. The summed E-state index contributed by atoms with van der Waals surface area (Å²) in [6.07, 6.45) is 3.89. The van der Waals surface area contributed by atoms with Crippen LogP contribution >= 0.6 is 0 Å². The van der Waals surface area contributed by atoms with Gasteiger partial charge in [0.05, 0.1) is 0 Å². The highest BCUT2D eigenvalue weighted by molar-refractivity contribution is 5.77. The average molecular weight is 242 g/mol. The molecule has 1 saturated heterocycles. The number of carbonyl (C=O) groups is 1. The smallest absolute Gasteiger partial charge is 0.223 e. The van der Waals surface area contributed by atoms with Crippen LogP contribution in [0, 0.1) is 5.92 Å². The Labute approximate surface area is 104 Å². The molecule has 1 aliphatic heterocycles. The number of likely N-dealkylation sites (tertiary alicyclic amines) is 1. The van der Waals surface area contributed by atoms with Crippen LogP contribution in [0.3, 0.4) is 0 Å². The molecule has 17 heavy (non-hydrogen) atoms. The number of amides is 1. The van der Waals surface area contributed by atoms with Gasteiger partial charge in [-0.3, -0.25) is 4.79 Å². The first-order valence-electron chi connectivity index (χ1n) is 6.60. The lowest BCUT2D eigenvalue weighted by Gasteiger charge is -2.40. The van der Waals surface area contributed by atoms with Crippen molar-refractivity contribution in [1.29, 1.82) is 0 Å². The number of ether oxygens (including phenoxy) is 1. The fourth-order valence-corrected chi connectivity index (χ4v) is 2.71. The van der Waals surface area contributed by atoms with Crippen LogP contribution in [0.4, 0.5) is 0 Å². The summed E-state index contributed by atoms with van der Waals surface area (Å²) >= 11 is 0. The van der Waals surface area contributed by atoms with Gasteiger partial charge in [-0.2, -0.15) is 0 Å². The zero-order valence-electron chi connectivity index (χ0n) is 11.3. The van der Waals surface area contributed by atoms with Gasteiger partial charge in [-0.15, -0.1) is 0 Å². The molecule has 0 aromatic rings. The summed E-state index contributed by atoms with van der Waals surface area (Å²) in [6.45, 7) is 5.39. The molecule has 1 aliphatic rings. The number of rotatable bonds is 5. The summed E-state index contributed by atoms with van der Waals surface area (Å²) in [6, 6.07) is 0.570. The predicted molar refractivity (Wildman–Crippen MR) is 68.7 cm³/mol. The summed E-state index contributed by atoms with van der Waals surface area (Å²) in [7, 11) is 1.67. The molecule has 1 amide bonds. The first-order chi connectivity index (χ1) is 8.10. The van der Waals surface area contributed by atoms with E-state index in [9.17, 15) is 4.79 Å². The van der Waals surface area contributed by atoms with E-state index in [1.54, 1.807) is 7.11 Å². The lowest BCUT2D eigenvalue weighted by molar-refractivity contribution is -0.138. The van der Waals surface area contributed by atoms with Gasteiger partial charge in [0, 0.05) is 38.8 Å². The zero-order chi connectivity index (χ0) is 12.8. The van der Waals surface area contributed by atoms with Crippen LogP contribution in [-0.2, 0) is 9.53 Å². The Morgan fingerprint density at radius 2 is 2.24 bits per heavy atom. The Hall–Kier alpha value is -0.610. The minimum Gasteiger partial charge on any atom is -0.384 e. The molecule has 0 aromatic carbocycles. The SMILES string of the molecule is COCC(C)CC(=O)N1C(C)CCCC1CN. The second kappa shape index (κ2) is 6.97. The zero-order valence-corrected chi connectivity index (χ0v) is 11.3. The molecule has 0 radical (unpaired) electrons. The Kier molecular flexibility index (Phi) is 5.92. The minimum absolute atomic E-state index is 0.234. The molecule has 0 bridgehead atoms. The molecular weight excluding hydrogens is 216 g/mol. The second-order valence-electron chi connectivity index (χ2n) is 5.24. The third-order valence-electron chi connectivity index (χ3n) is 3.56. The molecule has 1 fully saturated rings. The van der Waals surface area contributed by atoms with Crippen molar-refractivity contribution in [2.24, 2.45) is 11.7 Å². The van der Waals surface area contributed by atoms with Crippen LogP contribution in [-0.4, -0.2) is 43.2 Å². The van der Waals surface area contributed by atoms with Crippen molar-refractivity contribution in [2.75, 3.05) is 20.3 Å². The summed E-state index contributed by atoms with van der Waals surface area (Å²) < 4.78 is 5.08. The third-order valence-corrected chi connectivity index (χ3v) is 3.56. The standard InChI is InChI=1S/C13H26N2O2/c1-10(9-17-3)7-13(16)15-11(2)5-4-6-12(15)8-14/h10-12H,4-9,14H2,1-3H3. The summed E-state index contributed by atoms with van der Waals surface area (Å²) in [5.41, 5.74) is 5.76. The minimum atomic E-state index is 0.234. The van der Waals surface area contributed by atoms with E-state index in [4.69, 9.17) is 10.5 Å². The van der Waals surface area contributed by atoms with Gasteiger partial charge in [0.2, 0.25) is 5.91 Å². The van der Waals surface area contributed by atoms with Gasteiger partial charge < -0.3 is 15.4 Å². The molecule has 1 rings (SSSR count). The number of hydrogen-bond donors (Lipinski definition) is 1. The van der Waals surface area contributed by atoms with Crippen molar-refractivity contribution >= 4 is 5.91 Å². The monoisotopic (exact) mass is 242 g/mol.